The van der Waals surface area contributed by atoms with E-state index in [1.807, 2.05) is 6.07 Å². The van der Waals surface area contributed by atoms with Gasteiger partial charge in [-0.3, -0.25) is 14.2 Å². The Labute approximate surface area is 192 Å². The quantitative estimate of drug-likeness (QED) is 0.328. The Morgan fingerprint density at radius 1 is 1.25 bits per heavy atom. The van der Waals surface area contributed by atoms with Crippen LogP contribution < -0.4 is 15.6 Å². The van der Waals surface area contributed by atoms with Crippen molar-refractivity contribution in [2.75, 3.05) is 12.4 Å². The van der Waals surface area contributed by atoms with Gasteiger partial charge in [0, 0.05) is 11.1 Å². The molecule has 0 saturated carbocycles. The van der Waals surface area contributed by atoms with Crippen LogP contribution in [0.1, 0.15) is 12.7 Å². The Morgan fingerprint density at radius 2 is 2.03 bits per heavy atom. The van der Waals surface area contributed by atoms with Crippen molar-refractivity contribution >= 4 is 46.0 Å². The number of methoxy groups -OCH3 is 1. The van der Waals surface area contributed by atoms with Crippen LogP contribution in [0.5, 0.6) is 5.75 Å². The molecule has 1 amide bonds. The summed E-state index contributed by atoms with van der Waals surface area (Å²) in [6, 6.07) is 13.6. The smallest absolute Gasteiger partial charge is 0.266 e. The predicted molar refractivity (Wildman–Crippen MR) is 124 cm³/mol. The monoisotopic (exact) mass is 470 g/mol. The number of thioether (sulfide) groups is 1. The average Bonchev–Trinajstić information content (AvgIpc) is 3.18. The fourth-order valence-electron chi connectivity index (χ4n) is 3.11. The molecule has 10 heteroatoms. The lowest BCUT2D eigenvalue weighted by atomic mass is 10.2. The van der Waals surface area contributed by atoms with Crippen LogP contribution in [0.25, 0.3) is 16.6 Å². The molecule has 0 aliphatic carbocycles. The lowest BCUT2D eigenvalue weighted by molar-refractivity contribution is -0.115. The number of nitrogens with one attached hydrogen (secondary N) is 1. The highest BCUT2D eigenvalue weighted by Gasteiger charge is 2.22. The molecule has 0 saturated heterocycles. The largest absolute Gasteiger partial charge is 0.495 e. The average molecular weight is 471 g/mol. The summed E-state index contributed by atoms with van der Waals surface area (Å²) in [7, 11) is 1.53. The molecule has 32 heavy (non-hydrogen) atoms. The number of anilines is 1. The number of hydrogen-bond donors (Lipinski definition) is 1. The van der Waals surface area contributed by atoms with Gasteiger partial charge in [0.05, 0.1) is 29.0 Å². The molecule has 2 aromatic carbocycles. The number of nitrogens with zero attached hydrogens (tertiary/aromatic N) is 3. The summed E-state index contributed by atoms with van der Waals surface area (Å²) in [5.41, 5.74) is 0.667. The fraction of sp³-hybridized carbons (Fsp3) is 0.182. The molecule has 1 unspecified atom stereocenters. The fourth-order valence-corrected chi connectivity index (χ4v) is 4.20. The first kappa shape index (κ1) is 21.9. The minimum atomic E-state index is -0.600. The number of amides is 1. The van der Waals surface area contributed by atoms with Gasteiger partial charge in [0.15, 0.2) is 11.0 Å². The number of para-hydroxylation sites is 2. The molecule has 2 aromatic heterocycles. The number of benzene rings is 2. The van der Waals surface area contributed by atoms with Crippen molar-refractivity contribution in [2.45, 2.75) is 24.3 Å². The highest BCUT2D eigenvalue weighted by atomic mass is 35.5. The molecule has 2 heterocycles. The summed E-state index contributed by atoms with van der Waals surface area (Å²) >= 11 is 7.26. The van der Waals surface area contributed by atoms with Crippen LogP contribution in [-0.2, 0) is 4.79 Å². The van der Waals surface area contributed by atoms with Crippen LogP contribution in [0, 0.1) is 6.92 Å². The summed E-state index contributed by atoms with van der Waals surface area (Å²) in [5.74, 6) is 1.09. The van der Waals surface area contributed by atoms with Crippen molar-refractivity contribution in [3.8, 4) is 11.4 Å². The second kappa shape index (κ2) is 9.05. The molecule has 0 spiro atoms. The summed E-state index contributed by atoms with van der Waals surface area (Å²) in [6.07, 6.45) is 0. The van der Waals surface area contributed by atoms with Crippen molar-refractivity contribution < 1.29 is 14.1 Å². The lowest BCUT2D eigenvalue weighted by Crippen LogP contribution is -2.26. The van der Waals surface area contributed by atoms with Crippen LogP contribution >= 0.6 is 23.4 Å². The number of rotatable bonds is 6. The van der Waals surface area contributed by atoms with Crippen LogP contribution in [0.2, 0.25) is 5.02 Å². The number of hydrogen-bond acceptors (Lipinski definition) is 7. The molecule has 0 aliphatic heterocycles. The summed E-state index contributed by atoms with van der Waals surface area (Å²) in [6.45, 7) is 3.45. The summed E-state index contributed by atoms with van der Waals surface area (Å²) < 4.78 is 11.9. The Bertz CT molecular complexity index is 1370. The second-order valence-corrected chi connectivity index (χ2v) is 8.68. The van der Waals surface area contributed by atoms with Gasteiger partial charge in [-0.05, 0) is 44.2 Å². The summed E-state index contributed by atoms with van der Waals surface area (Å²) in [4.78, 5) is 30.8. The molecular formula is C22H19ClN4O4S. The number of aromatic nitrogens is 3. The minimum Gasteiger partial charge on any atom is -0.495 e. The first-order valence-electron chi connectivity index (χ1n) is 9.64. The topological polar surface area (TPSA) is 99.2 Å². The van der Waals surface area contributed by atoms with E-state index < -0.39 is 5.25 Å². The third-order valence-corrected chi connectivity index (χ3v) is 5.94. The van der Waals surface area contributed by atoms with Crippen molar-refractivity contribution in [3.63, 3.8) is 0 Å². The molecule has 0 radical (unpaired) electrons. The third-order valence-electron chi connectivity index (χ3n) is 4.66. The highest BCUT2D eigenvalue weighted by Crippen LogP contribution is 2.30. The van der Waals surface area contributed by atoms with E-state index >= 15 is 0 Å². The van der Waals surface area contributed by atoms with E-state index in [4.69, 9.17) is 20.9 Å². The molecular weight excluding hydrogens is 452 g/mol. The van der Waals surface area contributed by atoms with Crippen LogP contribution in [0.4, 0.5) is 5.82 Å². The van der Waals surface area contributed by atoms with E-state index in [1.165, 1.54) is 11.7 Å². The van der Waals surface area contributed by atoms with Gasteiger partial charge in [0.2, 0.25) is 5.91 Å². The zero-order valence-electron chi connectivity index (χ0n) is 17.5. The highest BCUT2D eigenvalue weighted by molar-refractivity contribution is 8.00. The van der Waals surface area contributed by atoms with E-state index in [9.17, 15) is 9.59 Å². The first-order chi connectivity index (χ1) is 15.4. The van der Waals surface area contributed by atoms with Crippen molar-refractivity contribution in [3.05, 3.63) is 69.7 Å². The Balaban J connectivity index is 1.79. The van der Waals surface area contributed by atoms with Gasteiger partial charge in [-0.25, -0.2) is 4.98 Å². The van der Waals surface area contributed by atoms with Gasteiger partial charge in [0.1, 0.15) is 11.5 Å². The molecule has 4 rings (SSSR count). The molecule has 0 bridgehead atoms. The van der Waals surface area contributed by atoms with Crippen LogP contribution in [-0.4, -0.2) is 33.0 Å². The van der Waals surface area contributed by atoms with Gasteiger partial charge in [0.25, 0.3) is 5.56 Å². The first-order valence-corrected chi connectivity index (χ1v) is 10.9. The maximum absolute atomic E-state index is 13.5. The van der Waals surface area contributed by atoms with Gasteiger partial charge < -0.3 is 14.6 Å². The van der Waals surface area contributed by atoms with E-state index in [0.717, 1.165) is 11.8 Å². The Morgan fingerprint density at radius 3 is 2.75 bits per heavy atom. The van der Waals surface area contributed by atoms with E-state index in [2.05, 4.69) is 15.5 Å². The second-order valence-electron chi connectivity index (χ2n) is 6.94. The van der Waals surface area contributed by atoms with E-state index in [1.54, 1.807) is 56.3 Å². The van der Waals surface area contributed by atoms with Crippen molar-refractivity contribution in [1.29, 1.82) is 0 Å². The zero-order chi connectivity index (χ0) is 22.8. The molecule has 1 atom stereocenters. The van der Waals surface area contributed by atoms with Gasteiger partial charge in [-0.15, -0.1) is 0 Å². The number of carbonyl (C=O) groups is 1. The lowest BCUT2D eigenvalue weighted by Gasteiger charge is -2.17. The van der Waals surface area contributed by atoms with E-state index in [0.29, 0.717) is 44.1 Å². The normalized spacial score (nSPS) is 12.0. The number of ether oxygens (including phenoxy) is 1. The number of fused-ring (bicyclic) bond motifs is 1. The standard InChI is InChI=1S/C22H19ClN4O4S/c1-12-10-19(26-31-12)25-20(28)13(2)32-22-24-16-11-14(23)8-9-15(16)21(29)27(22)17-6-4-5-7-18(17)30-3/h4-11,13H,1-3H3,(H,25,26,28). The van der Waals surface area contributed by atoms with Crippen LogP contribution in [0.3, 0.4) is 0 Å². The molecule has 164 valence electrons. The number of aryl methyl sites for hydroxylation is 1. The van der Waals surface area contributed by atoms with Crippen LogP contribution in [0.15, 0.2) is 63.0 Å². The maximum Gasteiger partial charge on any atom is 0.266 e. The van der Waals surface area contributed by atoms with Gasteiger partial charge >= 0.3 is 0 Å². The molecule has 0 aliphatic rings. The third kappa shape index (κ3) is 4.35. The molecule has 1 N–H and O–H groups in total. The Hall–Kier alpha value is -3.30. The van der Waals surface area contributed by atoms with E-state index in [-0.39, 0.29) is 11.5 Å². The summed E-state index contributed by atoms with van der Waals surface area (Å²) in [5, 5.41) is 7.07. The van der Waals surface area contributed by atoms with Gasteiger partial charge in [-0.1, -0.05) is 40.7 Å². The number of halogens is 1. The molecule has 8 nitrogen and oxygen atoms in total. The minimum absolute atomic E-state index is 0.293. The molecule has 0 fully saturated rings. The maximum atomic E-state index is 13.5. The van der Waals surface area contributed by atoms with Gasteiger partial charge in [-0.2, -0.15) is 0 Å². The zero-order valence-corrected chi connectivity index (χ0v) is 19.0. The van der Waals surface area contributed by atoms with Crippen molar-refractivity contribution in [2.24, 2.45) is 0 Å². The SMILES string of the molecule is COc1ccccc1-n1c(SC(C)C(=O)Nc2cc(C)on2)nc2cc(Cl)ccc2c1=O. The number of carbonyl (C=O) groups excluding carboxylic acids is 1. The Kier molecular flexibility index (Phi) is 6.20. The predicted octanol–water partition coefficient (Wildman–Crippen LogP) is 4.46. The van der Waals surface area contributed by atoms with Crippen molar-refractivity contribution in [1.82, 2.24) is 14.7 Å². The molecule has 4 aromatic rings.